The van der Waals surface area contributed by atoms with Crippen LogP contribution in [0.25, 0.3) is 0 Å². The number of nitriles is 2. The summed E-state index contributed by atoms with van der Waals surface area (Å²) in [5.41, 5.74) is -4.02. The molecule has 2 aliphatic rings. The number of hydrogen-bond donors (Lipinski definition) is 0. The summed E-state index contributed by atoms with van der Waals surface area (Å²) in [6, 6.07) is 10.2. The Morgan fingerprint density at radius 3 is 1.68 bits per heavy atom. The summed E-state index contributed by atoms with van der Waals surface area (Å²) in [5, 5.41) is 60.1. The maximum atomic E-state index is 13.8. The number of unbranched alkanes of at least 4 members (excludes halogenated alkanes) is 1. The number of azo groups is 2. The van der Waals surface area contributed by atoms with Crippen LogP contribution in [0.4, 0.5) is 34.1 Å². The molecule has 57 heavy (non-hydrogen) atoms. The Kier molecular flexibility index (Phi) is 13.0. The third kappa shape index (κ3) is 8.19. The third-order valence-corrected chi connectivity index (χ3v) is 8.09. The molecule has 4 heterocycles. The average Bonchev–Trinajstić information content (AvgIpc) is 3.29. The molecule has 1 spiro atoms. The van der Waals surface area contributed by atoms with Crippen LogP contribution < -0.4 is 30.1 Å². The molecule has 6 rings (SSSR count). The van der Waals surface area contributed by atoms with Gasteiger partial charge in [0.05, 0.1) is 9.85 Å². The molecule has 2 aromatic carbocycles. The normalized spacial score (nSPS) is 14.3. The molecule has 0 amide bonds. The highest BCUT2D eigenvalue weighted by molar-refractivity contribution is 5.65. The number of hydrogen-bond acceptors (Lipinski definition) is 16. The predicted molar refractivity (Wildman–Crippen MR) is 203 cm³/mol. The van der Waals surface area contributed by atoms with Gasteiger partial charge in [0.15, 0.2) is 22.9 Å². The Labute approximate surface area is 324 Å². The molecule has 20 heteroatoms. The van der Waals surface area contributed by atoms with Crippen molar-refractivity contribution in [2.45, 2.75) is 67.1 Å². The second-order valence-corrected chi connectivity index (χ2v) is 11.7. The minimum Gasteiger partial charge on any atom is -0.384 e. The minimum atomic E-state index is -3.00. The zero-order valence-electron chi connectivity index (χ0n) is 31.9. The topological polar surface area (TPSA) is 264 Å². The molecular formula is C37H36N10O10. The fourth-order valence-electron chi connectivity index (χ4n) is 5.30. The van der Waals surface area contributed by atoms with Crippen LogP contribution in [-0.2, 0) is 13.6 Å². The number of fused-ring (bicyclic) bond motifs is 4. The zero-order chi connectivity index (χ0) is 42.2. The van der Waals surface area contributed by atoms with Gasteiger partial charge in [-0.2, -0.15) is 10.5 Å². The molecular weight excluding hydrogens is 744 g/mol. The first-order valence-corrected chi connectivity index (χ1v) is 17.3. The lowest BCUT2D eigenvalue weighted by atomic mass is 10.1. The molecule has 0 saturated carbocycles. The van der Waals surface area contributed by atoms with E-state index in [1.807, 2.05) is 39.8 Å². The van der Waals surface area contributed by atoms with E-state index in [0.717, 1.165) is 45.5 Å². The SMILES string of the molecule is C=CC.CC.CCCCn1c2c(c(C)c(C#N)c1=O)N=Nc1cc([N+](=O)[O-])ccc1OC1(Oc3ccc([N+](=O)[O-])cc3N=Nc3c(C)c(C#N)c(=O)n(C)c3O1)O2. The van der Waals surface area contributed by atoms with E-state index in [4.69, 9.17) is 18.9 Å². The highest BCUT2D eigenvalue weighted by Gasteiger charge is 2.49. The minimum absolute atomic E-state index is 0.00719. The van der Waals surface area contributed by atoms with E-state index in [9.17, 15) is 40.3 Å². The lowest BCUT2D eigenvalue weighted by molar-refractivity contribution is -0.385. The van der Waals surface area contributed by atoms with Crippen LogP contribution in [-0.4, -0.2) is 25.1 Å². The maximum Gasteiger partial charge on any atom is 0.613 e. The van der Waals surface area contributed by atoms with Crippen LogP contribution in [0.1, 0.15) is 62.8 Å². The van der Waals surface area contributed by atoms with Gasteiger partial charge in [-0.1, -0.05) is 33.3 Å². The van der Waals surface area contributed by atoms with Gasteiger partial charge in [0.1, 0.15) is 34.6 Å². The quantitative estimate of drug-likeness (QED) is 0.105. The van der Waals surface area contributed by atoms with E-state index in [2.05, 4.69) is 27.0 Å². The van der Waals surface area contributed by atoms with Gasteiger partial charge in [-0.15, -0.1) is 27.0 Å². The number of nitro benzene ring substituents is 2. The molecule has 20 nitrogen and oxygen atoms in total. The Morgan fingerprint density at radius 2 is 1.25 bits per heavy atom. The molecule has 0 saturated heterocycles. The monoisotopic (exact) mass is 780 g/mol. The Hall–Kier alpha value is -7.74. The van der Waals surface area contributed by atoms with Gasteiger partial charge in [-0.25, -0.2) is 0 Å². The number of nitro groups is 2. The van der Waals surface area contributed by atoms with Gasteiger partial charge in [0.2, 0.25) is 11.8 Å². The van der Waals surface area contributed by atoms with Crippen LogP contribution in [0.5, 0.6) is 23.3 Å². The maximum absolute atomic E-state index is 13.8. The zero-order valence-corrected chi connectivity index (χ0v) is 31.9. The number of ether oxygens (including phenoxy) is 4. The van der Waals surface area contributed by atoms with E-state index in [-0.39, 0.29) is 63.0 Å². The summed E-state index contributed by atoms with van der Waals surface area (Å²) in [5.74, 6) is -1.43. The van der Waals surface area contributed by atoms with E-state index >= 15 is 0 Å². The molecule has 2 aromatic heterocycles. The van der Waals surface area contributed by atoms with Crippen molar-refractivity contribution in [3.63, 3.8) is 0 Å². The second kappa shape index (κ2) is 17.6. The third-order valence-electron chi connectivity index (χ3n) is 8.09. The lowest BCUT2D eigenvalue weighted by Crippen LogP contribution is -2.55. The van der Waals surface area contributed by atoms with Crippen molar-refractivity contribution in [2.75, 3.05) is 0 Å². The number of pyridine rings is 2. The van der Waals surface area contributed by atoms with Crippen molar-refractivity contribution < 1.29 is 28.8 Å². The first-order chi connectivity index (χ1) is 27.2. The van der Waals surface area contributed by atoms with Crippen LogP contribution in [0.2, 0.25) is 0 Å². The molecule has 0 fully saturated rings. The highest BCUT2D eigenvalue weighted by Crippen LogP contribution is 2.46. The van der Waals surface area contributed by atoms with Crippen molar-refractivity contribution >= 4 is 34.1 Å². The molecule has 0 bridgehead atoms. The van der Waals surface area contributed by atoms with Crippen molar-refractivity contribution in [2.24, 2.45) is 27.5 Å². The van der Waals surface area contributed by atoms with Crippen molar-refractivity contribution in [1.29, 1.82) is 10.5 Å². The predicted octanol–water partition coefficient (Wildman–Crippen LogP) is 8.43. The first kappa shape index (κ1) is 42.0. The molecule has 0 N–H and O–H groups in total. The van der Waals surface area contributed by atoms with E-state index in [0.29, 0.717) is 12.8 Å². The molecule has 0 aliphatic carbocycles. The van der Waals surface area contributed by atoms with Crippen molar-refractivity contribution in [3.8, 4) is 35.4 Å². The Morgan fingerprint density at radius 1 is 0.807 bits per heavy atom. The number of benzene rings is 2. The summed E-state index contributed by atoms with van der Waals surface area (Å²) in [7, 11) is 1.24. The van der Waals surface area contributed by atoms with Gasteiger partial charge >= 0.3 is 6.16 Å². The van der Waals surface area contributed by atoms with Gasteiger partial charge in [0.25, 0.3) is 22.5 Å². The summed E-state index contributed by atoms with van der Waals surface area (Å²) in [6.07, 6.45) is -0.260. The first-order valence-electron chi connectivity index (χ1n) is 17.3. The average molecular weight is 781 g/mol. The fourth-order valence-corrected chi connectivity index (χ4v) is 5.30. The van der Waals surface area contributed by atoms with E-state index < -0.39 is 50.3 Å². The number of rotatable bonds is 5. The molecule has 294 valence electrons. The molecule has 1 unspecified atom stereocenters. The fraction of sp³-hybridized carbons (Fsp3) is 0.297. The van der Waals surface area contributed by atoms with E-state index in [1.165, 1.54) is 20.9 Å². The van der Waals surface area contributed by atoms with Crippen molar-refractivity contribution in [3.05, 3.63) is 112 Å². The van der Waals surface area contributed by atoms with E-state index in [1.54, 1.807) is 6.08 Å². The van der Waals surface area contributed by atoms with Crippen LogP contribution in [0, 0.1) is 56.7 Å². The van der Waals surface area contributed by atoms with Gasteiger partial charge in [-0.3, -0.25) is 39.0 Å². The number of aromatic nitrogens is 2. The van der Waals surface area contributed by atoms with Gasteiger partial charge in [0, 0.05) is 49.0 Å². The van der Waals surface area contributed by atoms with Crippen LogP contribution in [0.15, 0.2) is 79.1 Å². The van der Waals surface area contributed by atoms with Crippen LogP contribution in [0.3, 0.4) is 0 Å². The number of allylic oxidation sites excluding steroid dienone is 1. The molecule has 2 aliphatic heterocycles. The molecule has 1 atom stereocenters. The number of nitrogens with zero attached hydrogens (tertiary/aromatic N) is 10. The smallest absolute Gasteiger partial charge is 0.384 e. The Balaban J connectivity index is 0.00000137. The Bertz CT molecular complexity index is 2540. The number of non-ortho nitro benzene ring substituents is 2. The summed E-state index contributed by atoms with van der Waals surface area (Å²) in [6.45, 7) is 13.9. The van der Waals surface area contributed by atoms with Gasteiger partial charge in [-0.05, 0) is 39.3 Å². The molecule has 4 aromatic rings. The lowest BCUT2D eigenvalue weighted by Gasteiger charge is -2.33. The molecule has 0 radical (unpaired) electrons. The van der Waals surface area contributed by atoms with Crippen molar-refractivity contribution in [1.82, 2.24) is 9.13 Å². The van der Waals surface area contributed by atoms with Crippen LogP contribution >= 0.6 is 0 Å². The summed E-state index contributed by atoms with van der Waals surface area (Å²) in [4.78, 5) is 49.4. The standard InChI is InChI=1S/C32H24N10O10.C3H6.C2H6/c1-5-6-11-40-29(44)21(15-34)17(3)27-31(40)52-32(50-25-10-8-19(42(47)48)13-23(25)36-38-27)49-24-9-7-18(41(45)46)12-22(24)35-37-26-16(2)20(14-33)28(43)39(4)30(26)51-32;1-3-2;1-2/h7-10,12-13H,5-6,11H2,1-4H3;3H,1H2,2H3;1-2H3. The second-order valence-electron chi connectivity index (χ2n) is 11.7. The van der Waals surface area contributed by atoms with Gasteiger partial charge < -0.3 is 18.9 Å². The highest BCUT2D eigenvalue weighted by atomic mass is 17.0. The summed E-state index contributed by atoms with van der Waals surface area (Å²) >= 11 is 0. The summed E-state index contributed by atoms with van der Waals surface area (Å²) < 4.78 is 27.3. The largest absolute Gasteiger partial charge is 0.613 e.